The van der Waals surface area contributed by atoms with Crippen LogP contribution in [0.4, 0.5) is 0 Å². The Hall–Kier alpha value is -1.69. The van der Waals surface area contributed by atoms with Gasteiger partial charge in [-0.05, 0) is 12.5 Å². The summed E-state index contributed by atoms with van der Waals surface area (Å²) < 4.78 is 13.3. The number of benzene rings is 1. The quantitative estimate of drug-likeness (QED) is 0.736. The number of imidazole rings is 1. The smallest absolute Gasteiger partial charge is 0.126 e. The summed E-state index contributed by atoms with van der Waals surface area (Å²) in [6, 6.07) is 10.6. The summed E-state index contributed by atoms with van der Waals surface area (Å²) in [6.07, 6.45) is 1.94. The van der Waals surface area contributed by atoms with Gasteiger partial charge in [0.2, 0.25) is 0 Å². The maximum absolute atomic E-state index is 5.81. The Bertz CT molecular complexity index is 612. The number of hydrogen-bond donors (Lipinski definition) is 0. The number of fused-ring (bicyclic) bond motifs is 1. The molecule has 5 nitrogen and oxygen atoms in total. The minimum Gasteiger partial charge on any atom is -0.378 e. The Morgan fingerprint density at radius 3 is 2.78 bits per heavy atom. The maximum atomic E-state index is 5.81. The highest BCUT2D eigenvalue weighted by molar-refractivity contribution is 5.13. The van der Waals surface area contributed by atoms with Crippen LogP contribution in [0, 0.1) is 0 Å². The van der Waals surface area contributed by atoms with Crippen molar-refractivity contribution < 1.29 is 9.47 Å². The Labute approximate surface area is 137 Å². The zero-order valence-electron chi connectivity index (χ0n) is 13.9. The summed E-state index contributed by atoms with van der Waals surface area (Å²) in [6.45, 7) is 7.18. The fraction of sp³-hybridized carbons (Fsp3) is 0.500. The van der Waals surface area contributed by atoms with Crippen molar-refractivity contribution >= 4 is 0 Å². The Morgan fingerprint density at radius 2 is 2.00 bits per heavy atom. The van der Waals surface area contributed by atoms with Crippen LogP contribution in [0.3, 0.4) is 0 Å². The van der Waals surface area contributed by atoms with Crippen molar-refractivity contribution in [3.63, 3.8) is 0 Å². The van der Waals surface area contributed by atoms with Crippen LogP contribution in [0.1, 0.15) is 30.0 Å². The molecule has 2 aromatic rings. The second kappa shape index (κ2) is 7.73. The van der Waals surface area contributed by atoms with Gasteiger partial charge < -0.3 is 14.0 Å². The van der Waals surface area contributed by atoms with Gasteiger partial charge in [0.05, 0.1) is 37.8 Å². The van der Waals surface area contributed by atoms with Gasteiger partial charge in [-0.2, -0.15) is 0 Å². The fourth-order valence-corrected chi connectivity index (χ4v) is 3.12. The van der Waals surface area contributed by atoms with E-state index < -0.39 is 0 Å². The van der Waals surface area contributed by atoms with E-state index in [0.717, 1.165) is 37.8 Å². The molecule has 23 heavy (non-hydrogen) atoms. The third kappa shape index (κ3) is 3.80. The summed E-state index contributed by atoms with van der Waals surface area (Å²) in [7, 11) is 1.72. The van der Waals surface area contributed by atoms with Crippen molar-refractivity contribution in [2.24, 2.45) is 0 Å². The summed E-state index contributed by atoms with van der Waals surface area (Å²) >= 11 is 0. The van der Waals surface area contributed by atoms with Crippen LogP contribution in [0.2, 0.25) is 0 Å². The molecule has 5 heteroatoms. The molecule has 1 aliphatic heterocycles. The molecule has 0 amide bonds. The van der Waals surface area contributed by atoms with Crippen LogP contribution in [0.5, 0.6) is 0 Å². The van der Waals surface area contributed by atoms with Crippen LogP contribution in [0.25, 0.3) is 0 Å². The molecule has 1 aromatic heterocycles. The minimum atomic E-state index is 0.315. The van der Waals surface area contributed by atoms with E-state index >= 15 is 0 Å². The van der Waals surface area contributed by atoms with Gasteiger partial charge in [0, 0.05) is 26.7 Å². The predicted octanol–water partition coefficient (Wildman–Crippen LogP) is 2.62. The lowest BCUT2D eigenvalue weighted by atomic mass is 10.2. The van der Waals surface area contributed by atoms with Crippen LogP contribution >= 0.6 is 0 Å². The molecule has 0 fully saturated rings. The highest BCUT2D eigenvalue weighted by Gasteiger charge is 2.26. The first-order chi connectivity index (χ1) is 11.3. The molecule has 1 atom stereocenters. The number of rotatable bonds is 7. The van der Waals surface area contributed by atoms with Crippen LogP contribution < -0.4 is 0 Å². The van der Waals surface area contributed by atoms with E-state index in [1.165, 1.54) is 5.56 Å². The molecule has 2 heterocycles. The average Bonchev–Trinajstić information content (AvgIpc) is 2.99. The zero-order chi connectivity index (χ0) is 16.1. The van der Waals surface area contributed by atoms with Gasteiger partial charge in [-0.3, -0.25) is 4.90 Å². The van der Waals surface area contributed by atoms with Crippen LogP contribution in [-0.4, -0.2) is 41.3 Å². The topological polar surface area (TPSA) is 39.5 Å². The maximum Gasteiger partial charge on any atom is 0.126 e. The van der Waals surface area contributed by atoms with E-state index in [0.29, 0.717) is 19.3 Å². The molecule has 1 aromatic carbocycles. The van der Waals surface area contributed by atoms with Crippen LogP contribution in [-0.2, 0) is 29.2 Å². The zero-order valence-corrected chi connectivity index (χ0v) is 13.9. The highest BCUT2D eigenvalue weighted by atomic mass is 16.5. The van der Waals surface area contributed by atoms with Gasteiger partial charge in [-0.25, -0.2) is 4.98 Å². The fourth-order valence-electron chi connectivity index (χ4n) is 3.12. The number of ether oxygens (including phenoxy) is 2. The monoisotopic (exact) mass is 315 g/mol. The standard InChI is InChI=1S/C18H25N3O2/c1-15-18-19-12-17(14-22-2)21(18)9-8-20(15)10-11-23-13-16-6-4-3-5-7-16/h3-7,12,15H,8-11,13-14H2,1-2H3. The van der Waals surface area contributed by atoms with Crippen molar-refractivity contribution in [3.8, 4) is 0 Å². The summed E-state index contributed by atoms with van der Waals surface area (Å²) in [4.78, 5) is 7.02. The molecular formula is C18H25N3O2. The van der Waals surface area contributed by atoms with E-state index in [4.69, 9.17) is 9.47 Å². The summed E-state index contributed by atoms with van der Waals surface area (Å²) in [5, 5.41) is 0. The molecule has 0 saturated heterocycles. The van der Waals surface area contributed by atoms with Gasteiger partial charge in [0.25, 0.3) is 0 Å². The second-order valence-corrected chi connectivity index (χ2v) is 5.94. The molecule has 1 unspecified atom stereocenters. The van der Waals surface area contributed by atoms with E-state index in [2.05, 4.69) is 33.5 Å². The lowest BCUT2D eigenvalue weighted by Gasteiger charge is -2.34. The van der Waals surface area contributed by atoms with Gasteiger partial charge in [0.1, 0.15) is 5.82 Å². The third-order valence-electron chi connectivity index (χ3n) is 4.43. The minimum absolute atomic E-state index is 0.315. The molecule has 124 valence electrons. The molecule has 0 radical (unpaired) electrons. The van der Waals surface area contributed by atoms with E-state index in [1.54, 1.807) is 7.11 Å². The lowest BCUT2D eigenvalue weighted by molar-refractivity contribution is 0.0679. The molecular weight excluding hydrogens is 290 g/mol. The first kappa shape index (κ1) is 16.2. The number of methoxy groups -OCH3 is 1. The number of hydrogen-bond acceptors (Lipinski definition) is 4. The van der Waals surface area contributed by atoms with E-state index in [1.807, 2.05) is 24.4 Å². The number of aromatic nitrogens is 2. The first-order valence-corrected chi connectivity index (χ1v) is 8.18. The van der Waals surface area contributed by atoms with Crippen LogP contribution in [0.15, 0.2) is 36.5 Å². The molecule has 0 spiro atoms. The van der Waals surface area contributed by atoms with Crippen molar-refractivity contribution in [2.75, 3.05) is 26.8 Å². The Morgan fingerprint density at radius 1 is 1.17 bits per heavy atom. The van der Waals surface area contributed by atoms with Gasteiger partial charge in [0.15, 0.2) is 0 Å². The first-order valence-electron chi connectivity index (χ1n) is 8.18. The predicted molar refractivity (Wildman–Crippen MR) is 89.0 cm³/mol. The van der Waals surface area contributed by atoms with Crippen molar-refractivity contribution in [1.82, 2.24) is 14.5 Å². The number of nitrogens with zero attached hydrogens (tertiary/aromatic N) is 3. The van der Waals surface area contributed by atoms with Gasteiger partial charge in [-0.15, -0.1) is 0 Å². The summed E-state index contributed by atoms with van der Waals surface area (Å²) in [5.41, 5.74) is 2.38. The third-order valence-corrected chi connectivity index (χ3v) is 4.43. The molecule has 0 bridgehead atoms. The van der Waals surface area contributed by atoms with E-state index in [-0.39, 0.29) is 0 Å². The Balaban J connectivity index is 1.50. The molecule has 0 aliphatic carbocycles. The van der Waals surface area contributed by atoms with Crippen molar-refractivity contribution in [2.45, 2.75) is 32.7 Å². The molecule has 0 N–H and O–H groups in total. The lowest BCUT2D eigenvalue weighted by Crippen LogP contribution is -2.39. The Kier molecular flexibility index (Phi) is 5.43. The van der Waals surface area contributed by atoms with E-state index in [9.17, 15) is 0 Å². The van der Waals surface area contributed by atoms with Crippen molar-refractivity contribution in [1.29, 1.82) is 0 Å². The highest BCUT2D eigenvalue weighted by Crippen LogP contribution is 2.25. The largest absolute Gasteiger partial charge is 0.378 e. The van der Waals surface area contributed by atoms with Gasteiger partial charge >= 0.3 is 0 Å². The SMILES string of the molecule is COCc1cnc2n1CCN(CCOCc1ccccc1)C2C. The van der Waals surface area contributed by atoms with Crippen molar-refractivity contribution in [3.05, 3.63) is 53.6 Å². The molecule has 1 aliphatic rings. The molecule has 0 saturated carbocycles. The normalized spacial score (nSPS) is 18.1. The summed E-state index contributed by atoms with van der Waals surface area (Å²) in [5.74, 6) is 1.13. The second-order valence-electron chi connectivity index (χ2n) is 5.94. The average molecular weight is 315 g/mol. The molecule has 3 rings (SSSR count). The van der Waals surface area contributed by atoms with Gasteiger partial charge in [-0.1, -0.05) is 30.3 Å².